The summed E-state index contributed by atoms with van der Waals surface area (Å²) in [6.45, 7) is 5.19. The fourth-order valence-electron chi connectivity index (χ4n) is 2.67. The van der Waals surface area contributed by atoms with Crippen LogP contribution in [0.5, 0.6) is 0 Å². The maximum Gasteiger partial charge on any atom is 0.242 e. The number of hydrogen-bond donors (Lipinski definition) is 2. The SMILES string of the molecule is CCCC1(CNS(=O)(=O)c2c(C)csc2CNC)CC1. The standard InChI is InChI=1S/C14H24N2O2S2/c1-4-5-14(6-7-14)10-16-20(17,18)13-11(2)9-19-12(13)8-15-3/h9,15-16H,4-8,10H2,1-3H3. The molecule has 6 heteroatoms. The molecule has 1 aliphatic carbocycles. The molecule has 1 aromatic heterocycles. The highest BCUT2D eigenvalue weighted by molar-refractivity contribution is 7.89. The Labute approximate surface area is 126 Å². The third-order valence-electron chi connectivity index (χ3n) is 3.97. The fourth-order valence-corrected chi connectivity index (χ4v) is 5.65. The summed E-state index contributed by atoms with van der Waals surface area (Å²) in [5, 5.41) is 4.95. The lowest BCUT2D eigenvalue weighted by Crippen LogP contribution is -2.31. The highest BCUT2D eigenvalue weighted by Crippen LogP contribution is 2.49. The Morgan fingerprint density at radius 3 is 2.65 bits per heavy atom. The van der Waals surface area contributed by atoms with Crippen molar-refractivity contribution in [3.8, 4) is 0 Å². The number of hydrogen-bond acceptors (Lipinski definition) is 4. The zero-order chi connectivity index (χ0) is 14.8. The summed E-state index contributed by atoms with van der Waals surface area (Å²) in [4.78, 5) is 1.36. The van der Waals surface area contributed by atoms with Crippen LogP contribution in [0.4, 0.5) is 0 Å². The highest BCUT2D eigenvalue weighted by Gasteiger charge is 2.42. The molecule has 0 atom stereocenters. The van der Waals surface area contributed by atoms with E-state index < -0.39 is 10.0 Å². The maximum absolute atomic E-state index is 12.6. The summed E-state index contributed by atoms with van der Waals surface area (Å²) in [7, 11) is -1.56. The lowest BCUT2D eigenvalue weighted by Gasteiger charge is -2.16. The van der Waals surface area contributed by atoms with Crippen LogP contribution in [-0.4, -0.2) is 22.0 Å². The second-order valence-electron chi connectivity index (χ2n) is 5.78. The number of thiophene rings is 1. The Morgan fingerprint density at radius 1 is 1.40 bits per heavy atom. The molecule has 0 spiro atoms. The quantitative estimate of drug-likeness (QED) is 0.775. The van der Waals surface area contributed by atoms with E-state index in [1.165, 1.54) is 11.3 Å². The van der Waals surface area contributed by atoms with Crippen molar-refractivity contribution in [3.63, 3.8) is 0 Å². The molecule has 0 aromatic carbocycles. The van der Waals surface area contributed by atoms with Crippen molar-refractivity contribution in [1.29, 1.82) is 0 Å². The van der Waals surface area contributed by atoms with E-state index in [4.69, 9.17) is 0 Å². The van der Waals surface area contributed by atoms with Gasteiger partial charge in [0.25, 0.3) is 0 Å². The van der Waals surface area contributed by atoms with Crippen LogP contribution >= 0.6 is 11.3 Å². The van der Waals surface area contributed by atoms with Gasteiger partial charge in [-0.2, -0.15) is 0 Å². The van der Waals surface area contributed by atoms with Crippen LogP contribution < -0.4 is 10.0 Å². The van der Waals surface area contributed by atoms with Crippen molar-refractivity contribution in [2.24, 2.45) is 5.41 Å². The molecule has 20 heavy (non-hydrogen) atoms. The van der Waals surface area contributed by atoms with Crippen LogP contribution in [0.25, 0.3) is 0 Å². The number of aryl methyl sites for hydroxylation is 1. The summed E-state index contributed by atoms with van der Waals surface area (Å²) in [6, 6.07) is 0. The zero-order valence-electron chi connectivity index (χ0n) is 12.5. The molecule has 1 fully saturated rings. The second kappa shape index (κ2) is 6.13. The largest absolute Gasteiger partial charge is 0.315 e. The normalized spacial score (nSPS) is 17.4. The highest BCUT2D eigenvalue weighted by atomic mass is 32.2. The van der Waals surface area contributed by atoms with Crippen LogP contribution in [-0.2, 0) is 16.6 Å². The molecule has 0 bridgehead atoms. The molecule has 0 radical (unpaired) electrons. The van der Waals surface area contributed by atoms with Gasteiger partial charge in [0.2, 0.25) is 10.0 Å². The van der Waals surface area contributed by atoms with Crippen LogP contribution in [0.15, 0.2) is 10.3 Å². The Balaban J connectivity index is 2.12. The maximum atomic E-state index is 12.6. The van der Waals surface area contributed by atoms with Gasteiger partial charge in [-0.15, -0.1) is 11.3 Å². The molecule has 2 N–H and O–H groups in total. The van der Waals surface area contributed by atoms with Crippen LogP contribution in [0.3, 0.4) is 0 Å². The average molecular weight is 316 g/mol. The first-order valence-electron chi connectivity index (χ1n) is 7.15. The molecule has 4 nitrogen and oxygen atoms in total. The lowest BCUT2D eigenvalue weighted by molar-refractivity contribution is 0.449. The van der Waals surface area contributed by atoms with Crippen molar-refractivity contribution in [1.82, 2.24) is 10.0 Å². The Bertz CT molecular complexity index is 560. The third kappa shape index (κ3) is 3.42. The molecule has 0 aliphatic heterocycles. The van der Waals surface area contributed by atoms with Gasteiger partial charge in [0.15, 0.2) is 0 Å². The predicted octanol–water partition coefficient (Wildman–Crippen LogP) is 2.63. The van der Waals surface area contributed by atoms with Gasteiger partial charge >= 0.3 is 0 Å². The molecular weight excluding hydrogens is 292 g/mol. The topological polar surface area (TPSA) is 58.2 Å². The molecule has 1 aliphatic rings. The molecule has 0 saturated heterocycles. The van der Waals surface area contributed by atoms with E-state index in [1.807, 2.05) is 19.4 Å². The molecule has 0 amide bonds. The van der Waals surface area contributed by atoms with Crippen molar-refractivity contribution < 1.29 is 8.42 Å². The van der Waals surface area contributed by atoms with E-state index in [-0.39, 0.29) is 5.41 Å². The average Bonchev–Trinajstić information content (AvgIpc) is 3.05. The minimum Gasteiger partial charge on any atom is -0.315 e. The monoisotopic (exact) mass is 316 g/mol. The van der Waals surface area contributed by atoms with E-state index >= 15 is 0 Å². The fraction of sp³-hybridized carbons (Fsp3) is 0.714. The van der Waals surface area contributed by atoms with Gasteiger partial charge in [0.1, 0.15) is 4.90 Å². The molecule has 1 heterocycles. The molecule has 2 rings (SSSR count). The summed E-state index contributed by atoms with van der Waals surface area (Å²) in [6.07, 6.45) is 4.52. The van der Waals surface area contributed by atoms with Gasteiger partial charge in [-0.25, -0.2) is 13.1 Å². The van der Waals surface area contributed by atoms with Crippen LogP contribution in [0.1, 0.15) is 43.0 Å². The first-order chi connectivity index (χ1) is 9.44. The first kappa shape index (κ1) is 15.9. The van der Waals surface area contributed by atoms with Crippen molar-refractivity contribution >= 4 is 21.4 Å². The Hall–Kier alpha value is -0.430. The molecule has 1 saturated carbocycles. The van der Waals surface area contributed by atoms with Crippen molar-refractivity contribution in [2.75, 3.05) is 13.6 Å². The van der Waals surface area contributed by atoms with Gasteiger partial charge in [-0.3, -0.25) is 0 Å². The second-order valence-corrected chi connectivity index (χ2v) is 8.44. The Morgan fingerprint density at radius 2 is 2.10 bits per heavy atom. The minimum absolute atomic E-state index is 0.231. The molecule has 114 valence electrons. The van der Waals surface area contributed by atoms with Gasteiger partial charge in [0.05, 0.1) is 0 Å². The van der Waals surface area contributed by atoms with E-state index in [0.717, 1.165) is 36.1 Å². The number of sulfonamides is 1. The molecule has 0 unspecified atom stereocenters. The van der Waals surface area contributed by atoms with Gasteiger partial charge in [0, 0.05) is 18.0 Å². The number of rotatable bonds is 8. The van der Waals surface area contributed by atoms with Gasteiger partial charge in [-0.1, -0.05) is 13.3 Å². The first-order valence-corrected chi connectivity index (χ1v) is 9.51. The summed E-state index contributed by atoms with van der Waals surface area (Å²) in [5.74, 6) is 0. The Kier molecular flexibility index (Phi) is 4.89. The predicted molar refractivity (Wildman–Crippen MR) is 83.6 cm³/mol. The smallest absolute Gasteiger partial charge is 0.242 e. The van der Waals surface area contributed by atoms with E-state index in [2.05, 4.69) is 17.0 Å². The van der Waals surface area contributed by atoms with Crippen LogP contribution in [0, 0.1) is 12.3 Å². The van der Waals surface area contributed by atoms with E-state index in [9.17, 15) is 8.42 Å². The zero-order valence-corrected chi connectivity index (χ0v) is 14.1. The van der Waals surface area contributed by atoms with Crippen LogP contribution in [0.2, 0.25) is 0 Å². The molecule has 1 aromatic rings. The summed E-state index contributed by atoms with van der Waals surface area (Å²) in [5.41, 5.74) is 1.07. The summed E-state index contributed by atoms with van der Waals surface area (Å²) >= 11 is 1.51. The van der Waals surface area contributed by atoms with Crippen molar-refractivity contribution in [3.05, 3.63) is 15.8 Å². The van der Waals surface area contributed by atoms with E-state index in [1.54, 1.807) is 0 Å². The number of nitrogens with one attached hydrogen (secondary N) is 2. The lowest BCUT2D eigenvalue weighted by atomic mass is 10.0. The molecular formula is C14H24N2O2S2. The van der Waals surface area contributed by atoms with E-state index in [0.29, 0.717) is 18.0 Å². The minimum atomic E-state index is -3.39. The van der Waals surface area contributed by atoms with Crippen molar-refractivity contribution in [2.45, 2.75) is 51.0 Å². The van der Waals surface area contributed by atoms with Gasteiger partial charge in [-0.05, 0) is 49.6 Å². The third-order valence-corrected chi connectivity index (χ3v) is 6.83. The summed E-state index contributed by atoms with van der Waals surface area (Å²) < 4.78 is 28.0. The van der Waals surface area contributed by atoms with Gasteiger partial charge < -0.3 is 5.32 Å².